The van der Waals surface area contributed by atoms with Gasteiger partial charge in [-0.2, -0.15) is 0 Å². The summed E-state index contributed by atoms with van der Waals surface area (Å²) in [6.45, 7) is 1.93. The minimum absolute atomic E-state index is 0.0509. The van der Waals surface area contributed by atoms with Gasteiger partial charge in [-0.3, -0.25) is 9.78 Å². The van der Waals surface area contributed by atoms with Crippen molar-refractivity contribution < 1.29 is 9.90 Å². The molecule has 2 rings (SSSR count). The number of nitrogens with zero attached hydrogens (tertiary/aromatic N) is 1. The molecule has 2 heterocycles. The van der Waals surface area contributed by atoms with Crippen LogP contribution < -0.4 is 0 Å². The Morgan fingerprint density at radius 1 is 1.41 bits per heavy atom. The fraction of sp³-hybridized carbons (Fsp3) is 0.231. The Balaban J connectivity index is 2.19. The molecule has 0 radical (unpaired) electrons. The molecule has 2 aromatic rings. The van der Waals surface area contributed by atoms with Crippen molar-refractivity contribution in [1.82, 2.24) is 4.98 Å². The summed E-state index contributed by atoms with van der Waals surface area (Å²) >= 11 is 1.61. The lowest BCUT2D eigenvalue weighted by molar-refractivity contribution is -0.137. The Bertz CT molecular complexity index is 507. The van der Waals surface area contributed by atoms with Crippen LogP contribution in [0.5, 0.6) is 0 Å². The second-order valence-electron chi connectivity index (χ2n) is 3.92. The summed E-state index contributed by atoms with van der Waals surface area (Å²) in [4.78, 5) is 17.1. The topological polar surface area (TPSA) is 50.2 Å². The van der Waals surface area contributed by atoms with Crippen molar-refractivity contribution >= 4 is 17.3 Å². The van der Waals surface area contributed by atoms with Gasteiger partial charge in [0.2, 0.25) is 0 Å². The number of carboxylic acid groups (broad SMARTS) is 1. The lowest BCUT2D eigenvalue weighted by Gasteiger charge is -2.04. The monoisotopic (exact) mass is 247 g/mol. The van der Waals surface area contributed by atoms with Crippen molar-refractivity contribution in [1.29, 1.82) is 0 Å². The first-order chi connectivity index (χ1) is 8.16. The van der Waals surface area contributed by atoms with Gasteiger partial charge >= 0.3 is 5.97 Å². The van der Waals surface area contributed by atoms with E-state index in [1.807, 2.05) is 37.3 Å². The fourth-order valence-corrected chi connectivity index (χ4v) is 2.66. The largest absolute Gasteiger partial charge is 0.481 e. The molecule has 0 amide bonds. The minimum atomic E-state index is -0.759. The maximum atomic E-state index is 10.7. The van der Waals surface area contributed by atoms with Crippen molar-refractivity contribution in [3.63, 3.8) is 0 Å². The molecule has 0 aliphatic rings. The molecule has 2 aromatic heterocycles. The first kappa shape index (κ1) is 11.8. The van der Waals surface area contributed by atoms with Gasteiger partial charge in [0, 0.05) is 17.0 Å². The van der Waals surface area contributed by atoms with Crippen molar-refractivity contribution in [3.8, 4) is 10.6 Å². The van der Waals surface area contributed by atoms with Crippen LogP contribution in [-0.2, 0) is 4.79 Å². The number of aromatic nitrogens is 1. The SMILES string of the molecule is CC(CC(=O)O)c1ccc(-c2ccccn2)s1. The van der Waals surface area contributed by atoms with Gasteiger partial charge in [0.05, 0.1) is 17.0 Å². The first-order valence-corrected chi connectivity index (χ1v) is 6.21. The van der Waals surface area contributed by atoms with E-state index in [1.165, 1.54) is 0 Å². The summed E-state index contributed by atoms with van der Waals surface area (Å²) < 4.78 is 0. The molecule has 88 valence electrons. The zero-order valence-electron chi connectivity index (χ0n) is 9.46. The van der Waals surface area contributed by atoms with Crippen molar-refractivity contribution in [2.24, 2.45) is 0 Å². The van der Waals surface area contributed by atoms with Crippen LogP contribution in [0.25, 0.3) is 10.6 Å². The van der Waals surface area contributed by atoms with Crippen molar-refractivity contribution in [3.05, 3.63) is 41.4 Å². The van der Waals surface area contributed by atoms with Crippen molar-refractivity contribution in [2.75, 3.05) is 0 Å². The highest BCUT2D eigenvalue weighted by Crippen LogP contribution is 2.32. The van der Waals surface area contributed by atoms with Gasteiger partial charge in [0.25, 0.3) is 0 Å². The number of carbonyl (C=O) groups is 1. The Labute approximate surface area is 104 Å². The summed E-state index contributed by atoms with van der Waals surface area (Å²) in [5, 5.41) is 8.76. The Hall–Kier alpha value is -1.68. The summed E-state index contributed by atoms with van der Waals surface area (Å²) in [6, 6.07) is 9.77. The van der Waals surface area contributed by atoms with E-state index in [4.69, 9.17) is 5.11 Å². The van der Waals surface area contributed by atoms with E-state index >= 15 is 0 Å². The molecule has 0 fully saturated rings. The molecule has 0 aromatic carbocycles. The van der Waals surface area contributed by atoms with Gasteiger partial charge in [-0.25, -0.2) is 0 Å². The molecule has 0 spiro atoms. The number of hydrogen-bond acceptors (Lipinski definition) is 3. The van der Waals surface area contributed by atoms with E-state index in [2.05, 4.69) is 4.98 Å². The summed E-state index contributed by atoms with van der Waals surface area (Å²) in [7, 11) is 0. The summed E-state index contributed by atoms with van der Waals surface area (Å²) in [5.41, 5.74) is 0.936. The van der Waals surface area contributed by atoms with Gasteiger partial charge in [0.1, 0.15) is 0 Å². The molecular weight excluding hydrogens is 234 g/mol. The van der Waals surface area contributed by atoms with Gasteiger partial charge in [0.15, 0.2) is 0 Å². The third-order valence-electron chi connectivity index (χ3n) is 2.51. The van der Waals surface area contributed by atoms with Gasteiger partial charge in [-0.1, -0.05) is 13.0 Å². The second-order valence-corrected chi connectivity index (χ2v) is 5.03. The van der Waals surface area contributed by atoms with Crippen LogP contribution in [0.2, 0.25) is 0 Å². The average Bonchev–Trinajstić information content (AvgIpc) is 2.78. The summed E-state index contributed by atoms with van der Waals surface area (Å²) in [6.07, 6.45) is 1.93. The number of aliphatic carboxylic acids is 1. The van der Waals surface area contributed by atoms with Crippen LogP contribution in [0.15, 0.2) is 36.5 Å². The number of pyridine rings is 1. The number of hydrogen-bond donors (Lipinski definition) is 1. The van der Waals surface area contributed by atoms with Crippen LogP contribution in [0, 0.1) is 0 Å². The van der Waals surface area contributed by atoms with E-state index in [0.717, 1.165) is 15.4 Å². The fourth-order valence-electron chi connectivity index (χ4n) is 1.63. The zero-order chi connectivity index (χ0) is 12.3. The Morgan fingerprint density at radius 2 is 2.24 bits per heavy atom. The lowest BCUT2D eigenvalue weighted by Crippen LogP contribution is -2.00. The highest BCUT2D eigenvalue weighted by molar-refractivity contribution is 7.15. The quantitative estimate of drug-likeness (QED) is 0.901. The standard InChI is InChI=1S/C13H13NO2S/c1-9(8-13(15)16)11-5-6-12(17-11)10-4-2-3-7-14-10/h2-7,9H,8H2,1H3,(H,15,16). The van der Waals surface area contributed by atoms with Crippen molar-refractivity contribution in [2.45, 2.75) is 19.3 Å². The first-order valence-electron chi connectivity index (χ1n) is 5.39. The smallest absolute Gasteiger partial charge is 0.303 e. The van der Waals surface area contributed by atoms with E-state index in [1.54, 1.807) is 17.5 Å². The number of rotatable bonds is 4. The van der Waals surface area contributed by atoms with Gasteiger partial charge in [-0.15, -0.1) is 11.3 Å². The molecule has 17 heavy (non-hydrogen) atoms. The second kappa shape index (κ2) is 5.10. The molecule has 4 heteroatoms. The molecule has 0 aliphatic carbocycles. The molecule has 1 unspecified atom stereocenters. The lowest BCUT2D eigenvalue weighted by atomic mass is 10.1. The molecule has 0 bridgehead atoms. The predicted molar refractivity (Wildman–Crippen MR) is 68.2 cm³/mol. The predicted octanol–water partition coefficient (Wildman–Crippen LogP) is 3.39. The molecular formula is C13H13NO2S. The highest BCUT2D eigenvalue weighted by atomic mass is 32.1. The maximum Gasteiger partial charge on any atom is 0.303 e. The molecule has 1 atom stereocenters. The number of carboxylic acids is 1. The average molecular weight is 247 g/mol. The third kappa shape index (κ3) is 2.91. The third-order valence-corrected chi connectivity index (χ3v) is 3.85. The molecule has 1 N–H and O–H groups in total. The molecule has 0 saturated carbocycles. The normalized spacial score (nSPS) is 12.3. The van der Waals surface area contributed by atoms with Gasteiger partial charge in [-0.05, 0) is 24.3 Å². The minimum Gasteiger partial charge on any atom is -0.481 e. The zero-order valence-corrected chi connectivity index (χ0v) is 10.3. The van der Waals surface area contributed by atoms with Gasteiger partial charge < -0.3 is 5.11 Å². The molecule has 0 aliphatic heterocycles. The maximum absolute atomic E-state index is 10.7. The van der Waals surface area contributed by atoms with Crippen LogP contribution in [0.4, 0.5) is 0 Å². The highest BCUT2D eigenvalue weighted by Gasteiger charge is 2.13. The Morgan fingerprint density at radius 3 is 2.88 bits per heavy atom. The van der Waals surface area contributed by atoms with E-state index < -0.39 is 5.97 Å². The van der Waals surface area contributed by atoms with E-state index in [-0.39, 0.29) is 12.3 Å². The molecule has 0 saturated heterocycles. The van der Waals surface area contributed by atoms with Crippen LogP contribution in [0.3, 0.4) is 0 Å². The van der Waals surface area contributed by atoms with Crippen LogP contribution in [0.1, 0.15) is 24.1 Å². The summed E-state index contributed by atoms with van der Waals surface area (Å²) in [5.74, 6) is -0.708. The van der Waals surface area contributed by atoms with E-state index in [0.29, 0.717) is 0 Å². The van der Waals surface area contributed by atoms with E-state index in [9.17, 15) is 4.79 Å². The number of thiophene rings is 1. The van der Waals surface area contributed by atoms with Crippen LogP contribution in [-0.4, -0.2) is 16.1 Å². The Kier molecular flexibility index (Phi) is 3.54. The molecule has 3 nitrogen and oxygen atoms in total. The van der Waals surface area contributed by atoms with Crippen LogP contribution >= 0.6 is 11.3 Å².